The molecule has 0 radical (unpaired) electrons. The number of halogens is 1. The Kier molecular flexibility index (Phi) is 3.40. The Balaban J connectivity index is 2.19. The average molecular weight is 300 g/mol. The van der Waals surface area contributed by atoms with Crippen molar-refractivity contribution >= 4 is 22.0 Å². The van der Waals surface area contributed by atoms with E-state index in [1.54, 1.807) is 4.90 Å². The molecule has 17 heavy (non-hydrogen) atoms. The summed E-state index contributed by atoms with van der Waals surface area (Å²) in [5.41, 5.74) is 0.372. The summed E-state index contributed by atoms with van der Waals surface area (Å²) in [6, 6.07) is 7.73. The lowest BCUT2D eigenvalue weighted by molar-refractivity contribution is 0.0957. The van der Waals surface area contributed by atoms with E-state index in [-0.39, 0.29) is 19.3 Å². The summed E-state index contributed by atoms with van der Waals surface area (Å²) < 4.78 is 5.96. The highest BCUT2D eigenvalue weighted by molar-refractivity contribution is 9.10. The Hall–Kier alpha value is -1.07. The Morgan fingerprint density at radius 2 is 2.35 bits per heavy atom. The van der Waals surface area contributed by atoms with Crippen LogP contribution in [0.25, 0.3) is 0 Å². The van der Waals surface area contributed by atoms with E-state index < -0.39 is 5.54 Å². The lowest BCUT2D eigenvalue weighted by Crippen LogP contribution is -2.47. The minimum Gasteiger partial charge on any atom is -0.447 e. The third-order valence-electron chi connectivity index (χ3n) is 2.95. The zero-order valence-corrected chi connectivity index (χ0v) is 11.1. The van der Waals surface area contributed by atoms with Gasteiger partial charge in [-0.2, -0.15) is 0 Å². The van der Waals surface area contributed by atoms with Gasteiger partial charge in [-0.1, -0.05) is 28.1 Å². The first-order chi connectivity index (χ1) is 8.05. The van der Waals surface area contributed by atoms with Crippen LogP contribution in [0.1, 0.15) is 12.5 Å². The number of nitrogens with zero attached hydrogens (tertiary/aromatic N) is 1. The van der Waals surface area contributed by atoms with Gasteiger partial charge in [-0.15, -0.1) is 0 Å². The first kappa shape index (κ1) is 12.4. The minimum atomic E-state index is -0.626. The Morgan fingerprint density at radius 3 is 3.00 bits per heavy atom. The SMILES string of the molecule is CC1(CO)COC(=O)N1Cc1cccc(Br)c1. The molecule has 1 fully saturated rings. The van der Waals surface area contributed by atoms with Crippen LogP contribution in [0, 0.1) is 0 Å². The standard InChI is InChI=1S/C12H14BrNO3/c1-12(7-15)8-17-11(16)14(12)6-9-3-2-4-10(13)5-9/h2-5,15H,6-8H2,1H3. The number of amides is 1. The molecule has 1 heterocycles. The number of hydrogen-bond acceptors (Lipinski definition) is 3. The Morgan fingerprint density at radius 1 is 1.59 bits per heavy atom. The number of hydrogen-bond donors (Lipinski definition) is 1. The zero-order valence-electron chi connectivity index (χ0n) is 9.52. The van der Waals surface area contributed by atoms with E-state index in [4.69, 9.17) is 4.74 Å². The molecular weight excluding hydrogens is 286 g/mol. The summed E-state index contributed by atoms with van der Waals surface area (Å²) >= 11 is 3.39. The predicted molar refractivity (Wildman–Crippen MR) is 66.5 cm³/mol. The summed E-state index contributed by atoms with van der Waals surface area (Å²) in [5, 5.41) is 9.36. The van der Waals surface area contributed by atoms with Crippen molar-refractivity contribution in [2.45, 2.75) is 19.0 Å². The molecule has 1 N–H and O–H groups in total. The van der Waals surface area contributed by atoms with Crippen LogP contribution in [-0.4, -0.2) is 34.9 Å². The molecule has 0 spiro atoms. The quantitative estimate of drug-likeness (QED) is 0.930. The molecule has 2 rings (SSSR count). The summed E-state index contributed by atoms with van der Waals surface area (Å²) in [5.74, 6) is 0. The average Bonchev–Trinajstić information content (AvgIpc) is 2.58. The first-order valence-electron chi connectivity index (χ1n) is 5.35. The topological polar surface area (TPSA) is 49.8 Å². The summed E-state index contributed by atoms with van der Waals surface area (Å²) in [6.07, 6.45) is -0.374. The van der Waals surface area contributed by atoms with Crippen LogP contribution >= 0.6 is 15.9 Å². The van der Waals surface area contributed by atoms with Crippen molar-refractivity contribution in [2.24, 2.45) is 0 Å². The fraction of sp³-hybridized carbons (Fsp3) is 0.417. The highest BCUT2D eigenvalue weighted by Crippen LogP contribution is 2.26. The predicted octanol–water partition coefficient (Wildman–Crippen LogP) is 2.15. The minimum absolute atomic E-state index is 0.104. The number of aliphatic hydroxyl groups is 1. The Labute approximate surface area is 108 Å². The van der Waals surface area contributed by atoms with Gasteiger partial charge in [-0.05, 0) is 24.6 Å². The van der Waals surface area contributed by atoms with Crippen LogP contribution in [0.4, 0.5) is 4.79 Å². The molecule has 1 amide bonds. The molecule has 1 aliphatic heterocycles. The molecule has 1 aromatic carbocycles. The molecule has 0 saturated carbocycles. The molecule has 5 heteroatoms. The van der Waals surface area contributed by atoms with E-state index in [0.717, 1.165) is 10.0 Å². The van der Waals surface area contributed by atoms with Gasteiger partial charge in [0.05, 0.1) is 6.61 Å². The summed E-state index contributed by atoms with van der Waals surface area (Å²) in [6.45, 7) is 2.38. The largest absolute Gasteiger partial charge is 0.447 e. The van der Waals surface area contributed by atoms with Crippen molar-refractivity contribution in [3.8, 4) is 0 Å². The van der Waals surface area contributed by atoms with Crippen molar-refractivity contribution < 1.29 is 14.6 Å². The van der Waals surface area contributed by atoms with Gasteiger partial charge >= 0.3 is 6.09 Å². The van der Waals surface area contributed by atoms with Crippen LogP contribution < -0.4 is 0 Å². The second kappa shape index (κ2) is 4.66. The van der Waals surface area contributed by atoms with Gasteiger partial charge in [-0.3, -0.25) is 4.90 Å². The second-order valence-electron chi connectivity index (χ2n) is 4.43. The molecular formula is C12H14BrNO3. The van der Waals surface area contributed by atoms with Crippen molar-refractivity contribution in [2.75, 3.05) is 13.2 Å². The lowest BCUT2D eigenvalue weighted by atomic mass is 10.0. The van der Waals surface area contributed by atoms with Crippen LogP contribution in [0.5, 0.6) is 0 Å². The van der Waals surface area contributed by atoms with Gasteiger partial charge in [0.2, 0.25) is 0 Å². The van der Waals surface area contributed by atoms with E-state index >= 15 is 0 Å². The number of carbonyl (C=O) groups is 1. The van der Waals surface area contributed by atoms with Crippen molar-refractivity contribution in [1.29, 1.82) is 0 Å². The van der Waals surface area contributed by atoms with Crippen molar-refractivity contribution in [1.82, 2.24) is 4.90 Å². The fourth-order valence-corrected chi connectivity index (χ4v) is 2.24. The van der Waals surface area contributed by atoms with E-state index in [1.807, 2.05) is 31.2 Å². The van der Waals surface area contributed by atoms with Crippen LogP contribution in [-0.2, 0) is 11.3 Å². The summed E-state index contributed by atoms with van der Waals surface area (Å²) in [7, 11) is 0. The first-order valence-corrected chi connectivity index (χ1v) is 6.14. The summed E-state index contributed by atoms with van der Waals surface area (Å²) in [4.78, 5) is 13.2. The maximum Gasteiger partial charge on any atom is 0.410 e. The van der Waals surface area contributed by atoms with Gasteiger partial charge in [0.25, 0.3) is 0 Å². The molecule has 0 bridgehead atoms. The number of cyclic esters (lactones) is 1. The molecule has 4 nitrogen and oxygen atoms in total. The third-order valence-corrected chi connectivity index (χ3v) is 3.44. The number of benzene rings is 1. The van der Waals surface area contributed by atoms with E-state index in [9.17, 15) is 9.90 Å². The number of rotatable bonds is 3. The monoisotopic (exact) mass is 299 g/mol. The lowest BCUT2D eigenvalue weighted by Gasteiger charge is -2.29. The molecule has 92 valence electrons. The molecule has 1 atom stereocenters. The van der Waals surface area contributed by atoms with Gasteiger partial charge in [0, 0.05) is 11.0 Å². The van der Waals surface area contributed by atoms with Crippen molar-refractivity contribution in [3.05, 3.63) is 34.3 Å². The molecule has 1 aliphatic rings. The maximum atomic E-state index is 11.6. The van der Waals surface area contributed by atoms with Crippen LogP contribution in [0.2, 0.25) is 0 Å². The van der Waals surface area contributed by atoms with Gasteiger partial charge in [0.15, 0.2) is 0 Å². The molecule has 1 saturated heterocycles. The fourth-order valence-electron chi connectivity index (χ4n) is 1.80. The number of ether oxygens (including phenoxy) is 1. The van der Waals surface area contributed by atoms with E-state index in [1.165, 1.54) is 0 Å². The normalized spacial score (nSPS) is 23.9. The van der Waals surface area contributed by atoms with Gasteiger partial charge in [0.1, 0.15) is 12.1 Å². The highest BCUT2D eigenvalue weighted by atomic mass is 79.9. The molecule has 0 aromatic heterocycles. The number of carbonyl (C=O) groups excluding carboxylic acids is 1. The van der Waals surface area contributed by atoms with Gasteiger partial charge in [-0.25, -0.2) is 4.79 Å². The van der Waals surface area contributed by atoms with Crippen LogP contribution in [0.3, 0.4) is 0 Å². The molecule has 0 aliphatic carbocycles. The van der Waals surface area contributed by atoms with E-state index in [0.29, 0.717) is 6.54 Å². The highest BCUT2D eigenvalue weighted by Gasteiger charge is 2.43. The number of aliphatic hydroxyl groups excluding tert-OH is 1. The second-order valence-corrected chi connectivity index (χ2v) is 5.34. The van der Waals surface area contributed by atoms with E-state index in [2.05, 4.69) is 15.9 Å². The van der Waals surface area contributed by atoms with Crippen molar-refractivity contribution in [3.63, 3.8) is 0 Å². The maximum absolute atomic E-state index is 11.6. The van der Waals surface area contributed by atoms with Crippen LogP contribution in [0.15, 0.2) is 28.7 Å². The zero-order chi connectivity index (χ0) is 12.5. The Bertz CT molecular complexity index is 438. The van der Waals surface area contributed by atoms with Gasteiger partial charge < -0.3 is 9.84 Å². The molecule has 1 aromatic rings. The smallest absolute Gasteiger partial charge is 0.410 e. The third kappa shape index (κ3) is 2.45. The molecule has 1 unspecified atom stereocenters.